The molecule has 1 saturated heterocycles. The molecule has 25 heavy (non-hydrogen) atoms. The van der Waals surface area contributed by atoms with E-state index < -0.39 is 35.7 Å². The van der Waals surface area contributed by atoms with Gasteiger partial charge in [0, 0.05) is 6.54 Å². The average Bonchev–Trinajstić information content (AvgIpc) is 2.51. The zero-order chi connectivity index (χ0) is 19.0. The van der Waals surface area contributed by atoms with Crippen LogP contribution in [0.4, 0.5) is 4.79 Å². The third-order valence-corrected chi connectivity index (χ3v) is 3.43. The van der Waals surface area contributed by atoms with Crippen molar-refractivity contribution in [3.8, 4) is 0 Å². The fourth-order valence-electron chi connectivity index (χ4n) is 2.39. The highest BCUT2D eigenvalue weighted by Gasteiger charge is 2.36. The van der Waals surface area contributed by atoms with E-state index in [-0.39, 0.29) is 26.2 Å². The van der Waals surface area contributed by atoms with Gasteiger partial charge in [0.05, 0.1) is 32.5 Å². The minimum atomic E-state index is -1.07. The molecule has 8 heteroatoms. The molecule has 1 aliphatic rings. The van der Waals surface area contributed by atoms with Gasteiger partial charge in [-0.25, -0.2) is 4.79 Å². The van der Waals surface area contributed by atoms with Gasteiger partial charge < -0.3 is 23.8 Å². The van der Waals surface area contributed by atoms with Crippen LogP contribution < -0.4 is 0 Å². The van der Waals surface area contributed by atoms with Crippen molar-refractivity contribution in [2.75, 3.05) is 32.9 Å². The summed E-state index contributed by atoms with van der Waals surface area (Å²) in [6.45, 7) is 10.0. The topological polar surface area (TPSA) is 91.4 Å². The third kappa shape index (κ3) is 7.29. The van der Waals surface area contributed by atoms with Crippen molar-refractivity contribution in [1.82, 2.24) is 4.90 Å². The first-order valence-corrected chi connectivity index (χ1v) is 8.60. The van der Waals surface area contributed by atoms with E-state index >= 15 is 0 Å². The molecule has 1 heterocycles. The van der Waals surface area contributed by atoms with Crippen molar-refractivity contribution in [2.45, 2.75) is 52.7 Å². The maximum Gasteiger partial charge on any atom is 0.410 e. The maximum atomic E-state index is 12.2. The monoisotopic (exact) mass is 359 g/mol. The van der Waals surface area contributed by atoms with Crippen LogP contribution in [0, 0.1) is 5.92 Å². The van der Waals surface area contributed by atoms with Crippen LogP contribution in [-0.2, 0) is 28.5 Å². The van der Waals surface area contributed by atoms with Crippen LogP contribution in [0.2, 0.25) is 0 Å². The Morgan fingerprint density at radius 2 is 1.68 bits per heavy atom. The number of rotatable bonds is 6. The molecule has 1 fully saturated rings. The molecular weight excluding hydrogens is 330 g/mol. The third-order valence-electron chi connectivity index (χ3n) is 3.43. The zero-order valence-electron chi connectivity index (χ0n) is 15.7. The van der Waals surface area contributed by atoms with E-state index in [2.05, 4.69) is 0 Å². The minimum Gasteiger partial charge on any atom is -0.465 e. The average molecular weight is 359 g/mol. The number of carbonyl (C=O) groups is 3. The summed E-state index contributed by atoms with van der Waals surface area (Å²) in [5, 5.41) is 0. The minimum absolute atomic E-state index is 0.0942. The maximum absolute atomic E-state index is 12.2. The van der Waals surface area contributed by atoms with Crippen molar-refractivity contribution in [2.24, 2.45) is 5.92 Å². The highest BCUT2D eigenvalue weighted by Crippen LogP contribution is 2.19. The molecule has 8 nitrogen and oxygen atoms in total. The first-order valence-electron chi connectivity index (χ1n) is 8.60. The number of carbonyl (C=O) groups excluding carboxylic acids is 3. The quantitative estimate of drug-likeness (QED) is 0.405. The Bertz CT molecular complexity index is 454. The number of ether oxygens (including phenoxy) is 4. The van der Waals surface area contributed by atoms with Gasteiger partial charge in [-0.3, -0.25) is 9.59 Å². The molecule has 0 aromatic heterocycles. The summed E-state index contributed by atoms with van der Waals surface area (Å²) < 4.78 is 20.9. The van der Waals surface area contributed by atoms with Gasteiger partial charge in [-0.05, 0) is 41.0 Å². The van der Waals surface area contributed by atoms with Crippen LogP contribution in [0.25, 0.3) is 0 Å². The Hall–Kier alpha value is -1.83. The molecule has 144 valence electrons. The van der Waals surface area contributed by atoms with Crippen LogP contribution in [0.3, 0.4) is 0 Å². The number of hydrogen-bond acceptors (Lipinski definition) is 7. The van der Waals surface area contributed by atoms with Crippen molar-refractivity contribution < 1.29 is 33.3 Å². The molecule has 0 unspecified atom stereocenters. The molecule has 1 atom stereocenters. The van der Waals surface area contributed by atoms with Crippen molar-refractivity contribution in [3.05, 3.63) is 0 Å². The van der Waals surface area contributed by atoms with Gasteiger partial charge in [-0.2, -0.15) is 0 Å². The molecule has 0 radical (unpaired) electrons. The molecule has 1 aliphatic heterocycles. The number of hydrogen-bond donors (Lipinski definition) is 0. The highest BCUT2D eigenvalue weighted by molar-refractivity contribution is 5.94. The largest absolute Gasteiger partial charge is 0.465 e. The Morgan fingerprint density at radius 3 is 2.16 bits per heavy atom. The molecule has 0 aromatic carbocycles. The first kappa shape index (κ1) is 21.2. The SMILES string of the molecule is CCOC(=O)C(C[C@H]1CN(C(=O)OC(C)(C)C)CCO1)C(=O)OCC. The molecule has 0 bridgehead atoms. The number of morpholine rings is 1. The summed E-state index contributed by atoms with van der Waals surface area (Å²) in [6.07, 6.45) is -0.818. The van der Waals surface area contributed by atoms with Crippen LogP contribution in [0.15, 0.2) is 0 Å². The van der Waals surface area contributed by atoms with Crippen molar-refractivity contribution in [3.63, 3.8) is 0 Å². The lowest BCUT2D eigenvalue weighted by molar-refractivity contribution is -0.164. The number of nitrogens with zero attached hydrogens (tertiary/aromatic N) is 1. The lowest BCUT2D eigenvalue weighted by Gasteiger charge is -2.34. The predicted octanol–water partition coefficient (Wildman–Crippen LogP) is 1.75. The normalized spacial score (nSPS) is 18.0. The summed E-state index contributed by atoms with van der Waals surface area (Å²) in [5.41, 5.74) is -0.594. The summed E-state index contributed by atoms with van der Waals surface area (Å²) in [5.74, 6) is -2.35. The van der Waals surface area contributed by atoms with Crippen LogP contribution in [0.1, 0.15) is 41.0 Å². The van der Waals surface area contributed by atoms with E-state index in [1.54, 1.807) is 34.6 Å². The molecule has 0 aliphatic carbocycles. The van der Waals surface area contributed by atoms with E-state index in [1.165, 1.54) is 4.90 Å². The van der Waals surface area contributed by atoms with Crippen molar-refractivity contribution >= 4 is 18.0 Å². The predicted molar refractivity (Wildman–Crippen MR) is 88.9 cm³/mol. The zero-order valence-corrected chi connectivity index (χ0v) is 15.7. The Labute approximate surface area is 148 Å². The van der Waals surface area contributed by atoms with E-state index in [0.29, 0.717) is 13.2 Å². The number of amides is 1. The standard InChI is InChI=1S/C17H29NO7/c1-6-22-14(19)13(15(20)23-7-2)10-12-11-18(8-9-24-12)16(21)25-17(3,4)5/h12-13H,6-11H2,1-5H3/t12-/m0/s1. The van der Waals surface area contributed by atoms with Crippen LogP contribution in [0.5, 0.6) is 0 Å². The molecule has 1 rings (SSSR count). The van der Waals surface area contributed by atoms with Gasteiger partial charge in [0.15, 0.2) is 5.92 Å². The second-order valence-electron chi connectivity index (χ2n) is 6.71. The molecule has 0 spiro atoms. The summed E-state index contributed by atoms with van der Waals surface area (Å²) >= 11 is 0. The van der Waals surface area contributed by atoms with Gasteiger partial charge in [0.25, 0.3) is 0 Å². The smallest absolute Gasteiger partial charge is 0.410 e. The van der Waals surface area contributed by atoms with Gasteiger partial charge in [0.2, 0.25) is 0 Å². The molecule has 0 aromatic rings. The fourth-order valence-corrected chi connectivity index (χ4v) is 2.39. The van der Waals surface area contributed by atoms with E-state index in [0.717, 1.165) is 0 Å². The summed E-state index contributed by atoms with van der Waals surface area (Å²) in [6, 6.07) is 0. The van der Waals surface area contributed by atoms with Gasteiger partial charge in [-0.1, -0.05) is 0 Å². The van der Waals surface area contributed by atoms with Gasteiger partial charge in [0.1, 0.15) is 5.60 Å². The van der Waals surface area contributed by atoms with Crippen molar-refractivity contribution in [1.29, 1.82) is 0 Å². The second-order valence-corrected chi connectivity index (χ2v) is 6.71. The molecule has 1 amide bonds. The summed E-state index contributed by atoms with van der Waals surface area (Å²) in [4.78, 5) is 37.8. The number of esters is 2. The van der Waals surface area contributed by atoms with E-state index in [1.807, 2.05) is 0 Å². The van der Waals surface area contributed by atoms with Gasteiger partial charge >= 0.3 is 18.0 Å². The Balaban J connectivity index is 2.72. The lowest BCUT2D eigenvalue weighted by Crippen LogP contribution is -2.48. The molecule has 0 saturated carbocycles. The van der Waals surface area contributed by atoms with Gasteiger partial charge in [-0.15, -0.1) is 0 Å². The molecular formula is C17H29NO7. The van der Waals surface area contributed by atoms with E-state index in [9.17, 15) is 14.4 Å². The first-order chi connectivity index (χ1) is 11.7. The van der Waals surface area contributed by atoms with E-state index in [4.69, 9.17) is 18.9 Å². The lowest BCUT2D eigenvalue weighted by atomic mass is 10.0. The second kappa shape index (κ2) is 9.60. The molecule has 0 N–H and O–H groups in total. The Morgan fingerprint density at radius 1 is 1.12 bits per heavy atom. The van der Waals surface area contributed by atoms with Crippen LogP contribution >= 0.6 is 0 Å². The summed E-state index contributed by atoms with van der Waals surface area (Å²) in [7, 11) is 0. The highest BCUT2D eigenvalue weighted by atomic mass is 16.6. The van der Waals surface area contributed by atoms with Crippen LogP contribution in [-0.4, -0.2) is 67.5 Å². The Kier molecular flexibility index (Phi) is 8.15. The fraction of sp³-hybridized carbons (Fsp3) is 0.824.